The number of hydrogen-bond acceptors (Lipinski definition) is 20. The van der Waals surface area contributed by atoms with Crippen LogP contribution < -0.4 is 37.2 Å². The molecule has 0 bridgehead atoms. The van der Waals surface area contributed by atoms with E-state index in [0.29, 0.717) is 24.3 Å². The number of thiol groups is 3. The molecule has 2 aliphatic rings. The standard InChI is InChI=1S/C52H81IN8O16S4/c1-29(2)43-49(72)54-24-41(66)74-31(14-10-12-20-78)22-37(62)56-34(46(69)57-35(26-79)47(70)59-43)17-19-40(65)77-52(8,53)28-61-25-42(67)75-32(15-11-13-21-81-9)23-38(63)55-33(16-18-39(64)76-51(5,6)7)45(68)58-36(27-80)48(71)60-44(30(3)4)50(61)73/h10-11,14-15,29-36,43-44,78-80H,12-13,16-28H2,1-9H3,(H,54,72)(H,55,63)(H,56,62)(H,57,69)(H,58,68)(H,59,70)(H,60,71)/b14-10+,15-11+/t31-,32-,33-,34-,35-,36-,43-,44-,52?/m1/s1. The van der Waals surface area contributed by atoms with Crippen molar-refractivity contribution in [2.45, 2.75) is 164 Å². The van der Waals surface area contributed by atoms with Gasteiger partial charge in [0.15, 0.2) is 3.61 Å². The normalized spacial score (nSPS) is 25.0. The third-order valence-electron chi connectivity index (χ3n) is 11.8. The predicted molar refractivity (Wildman–Crippen MR) is 320 cm³/mol. The summed E-state index contributed by atoms with van der Waals surface area (Å²) in [4.78, 5) is 165. The molecule has 0 aromatic carbocycles. The van der Waals surface area contributed by atoms with Gasteiger partial charge in [-0.1, -0.05) is 39.8 Å². The van der Waals surface area contributed by atoms with Crippen LogP contribution in [0.15, 0.2) is 24.3 Å². The van der Waals surface area contributed by atoms with Crippen molar-refractivity contribution in [3.63, 3.8) is 0 Å². The molecule has 2 aliphatic heterocycles. The van der Waals surface area contributed by atoms with Crippen molar-refractivity contribution in [2.75, 3.05) is 48.9 Å². The molecule has 0 spiro atoms. The van der Waals surface area contributed by atoms with Crippen LogP contribution in [0.25, 0.3) is 0 Å². The van der Waals surface area contributed by atoms with Crippen LogP contribution >= 0.6 is 72.2 Å². The lowest BCUT2D eigenvalue weighted by molar-refractivity contribution is -0.158. The molecule has 9 atom stereocenters. The number of rotatable bonds is 20. The first-order valence-corrected chi connectivity index (χ1v) is 30.8. The molecule has 0 radical (unpaired) electrons. The first-order chi connectivity index (χ1) is 37.9. The summed E-state index contributed by atoms with van der Waals surface area (Å²) in [5.74, 6) is -10.6. The zero-order valence-corrected chi connectivity index (χ0v) is 53.0. The topological polar surface area (TPSA) is 329 Å². The minimum atomic E-state index is -1.67. The maximum atomic E-state index is 14.7. The SMILES string of the molecule is CSCC/C=C/[C@@H]1CC(=O)N[C@H](CCC(=O)OC(C)(C)C)C(=O)N[C@H](CS)C(=O)N[C@H](C(C)C)C(=O)N(CC(C)(I)OC(=O)CC[C@H]2NC(=O)C[C@@H](/C=C/CCS)OC(=O)CNC(=O)[C@@H](C(C)C)NC(=O)[C@@H](CS)NC2=O)CC(=O)O1. The lowest BCUT2D eigenvalue weighted by Crippen LogP contribution is -2.60. The molecule has 8 amide bonds. The van der Waals surface area contributed by atoms with E-state index in [4.69, 9.17) is 18.9 Å². The second-order valence-electron chi connectivity index (χ2n) is 21.0. The molecule has 29 heteroatoms. The van der Waals surface area contributed by atoms with Crippen LogP contribution in [0.1, 0.15) is 107 Å². The molecule has 2 fully saturated rings. The van der Waals surface area contributed by atoms with Crippen LogP contribution in [0, 0.1) is 11.8 Å². The van der Waals surface area contributed by atoms with Crippen LogP contribution in [0.4, 0.5) is 0 Å². The predicted octanol–water partition coefficient (Wildman–Crippen LogP) is 1.42. The number of carbonyl (C=O) groups excluding carboxylic acids is 12. The Bertz CT molecular complexity index is 2290. The Morgan fingerprint density at radius 3 is 1.57 bits per heavy atom. The highest BCUT2D eigenvalue weighted by molar-refractivity contribution is 14.1. The zero-order valence-electron chi connectivity index (χ0n) is 47.3. The van der Waals surface area contributed by atoms with Gasteiger partial charge in [0.25, 0.3) is 0 Å². The largest absolute Gasteiger partial charge is 0.460 e. The van der Waals surface area contributed by atoms with E-state index in [1.807, 2.05) is 6.26 Å². The van der Waals surface area contributed by atoms with Crippen molar-refractivity contribution < 1.29 is 76.5 Å². The average molecular weight is 1330 g/mol. The number of hydrogen-bond donors (Lipinski definition) is 10. The van der Waals surface area contributed by atoms with Gasteiger partial charge in [-0.25, -0.2) is 0 Å². The Balaban J connectivity index is 2.55. The number of ether oxygens (including phenoxy) is 4. The summed E-state index contributed by atoms with van der Waals surface area (Å²) in [6.07, 6.45) is 4.26. The molecule has 0 aliphatic carbocycles. The van der Waals surface area contributed by atoms with Gasteiger partial charge in [0.2, 0.25) is 47.3 Å². The average Bonchev–Trinajstić information content (AvgIpc) is 3.40. The lowest BCUT2D eigenvalue weighted by atomic mass is 10.0. The first-order valence-electron chi connectivity index (χ1n) is 26.5. The van der Waals surface area contributed by atoms with Crippen LogP contribution in [0.2, 0.25) is 0 Å². The van der Waals surface area contributed by atoms with Crippen LogP contribution in [0.5, 0.6) is 0 Å². The number of thioether (sulfide) groups is 1. The van der Waals surface area contributed by atoms with Gasteiger partial charge in [-0.3, -0.25) is 57.5 Å². The smallest absolute Gasteiger partial charge is 0.326 e. The third kappa shape index (κ3) is 27.9. The molecule has 456 valence electrons. The van der Waals surface area contributed by atoms with Gasteiger partial charge in [-0.05, 0) is 118 Å². The van der Waals surface area contributed by atoms with Gasteiger partial charge in [-0.2, -0.15) is 49.6 Å². The second kappa shape index (κ2) is 36.1. The van der Waals surface area contributed by atoms with Crippen molar-refractivity contribution in [1.29, 1.82) is 0 Å². The number of allylic oxidation sites excluding steroid dienone is 2. The Morgan fingerprint density at radius 2 is 1.11 bits per heavy atom. The molecule has 0 saturated carbocycles. The van der Waals surface area contributed by atoms with Crippen molar-refractivity contribution in [3.8, 4) is 0 Å². The van der Waals surface area contributed by atoms with E-state index in [1.165, 1.54) is 19.1 Å². The highest BCUT2D eigenvalue weighted by atomic mass is 127. The van der Waals surface area contributed by atoms with Gasteiger partial charge in [-0.15, -0.1) is 0 Å². The summed E-state index contributed by atoms with van der Waals surface area (Å²) in [6.45, 7) is 11.1. The van der Waals surface area contributed by atoms with Gasteiger partial charge in [0.1, 0.15) is 67.1 Å². The van der Waals surface area contributed by atoms with E-state index in [-0.39, 0.29) is 24.3 Å². The fraction of sp³-hybridized carbons (Fsp3) is 0.692. The number of nitrogens with one attached hydrogen (secondary N) is 7. The number of amides is 8. The molecule has 2 rings (SSSR count). The number of esters is 4. The summed E-state index contributed by atoms with van der Waals surface area (Å²) in [7, 11) is 0. The molecule has 81 heavy (non-hydrogen) atoms. The summed E-state index contributed by atoms with van der Waals surface area (Å²) in [6, 6.07) is -8.12. The van der Waals surface area contributed by atoms with E-state index in [0.717, 1.165) is 4.90 Å². The quantitative estimate of drug-likeness (QED) is 0.0157. The summed E-state index contributed by atoms with van der Waals surface area (Å²) < 4.78 is 20.9. The molecule has 24 nitrogen and oxygen atoms in total. The van der Waals surface area contributed by atoms with Crippen molar-refractivity contribution in [3.05, 3.63) is 24.3 Å². The second-order valence-corrected chi connectivity index (χ2v) is 25.4. The summed E-state index contributed by atoms with van der Waals surface area (Å²) in [5.41, 5.74) is -0.839. The lowest BCUT2D eigenvalue weighted by Gasteiger charge is -2.35. The van der Waals surface area contributed by atoms with Crippen LogP contribution in [0.3, 0.4) is 0 Å². The number of halogens is 1. The van der Waals surface area contributed by atoms with Gasteiger partial charge in [0.05, 0.1) is 19.4 Å². The molecule has 7 N–H and O–H groups in total. The molecular weight excluding hydrogens is 1250 g/mol. The number of nitrogens with zero attached hydrogens (tertiary/aromatic N) is 1. The number of carbonyl (C=O) groups is 12. The van der Waals surface area contributed by atoms with Crippen molar-refractivity contribution >= 4 is 143 Å². The van der Waals surface area contributed by atoms with Crippen molar-refractivity contribution in [2.24, 2.45) is 11.8 Å². The summed E-state index contributed by atoms with van der Waals surface area (Å²) in [5, 5.41) is 17.9. The fourth-order valence-electron chi connectivity index (χ4n) is 7.78. The van der Waals surface area contributed by atoms with E-state index in [2.05, 4.69) is 75.1 Å². The van der Waals surface area contributed by atoms with Crippen LogP contribution in [-0.4, -0.2) is 183 Å². The molecule has 0 aromatic heterocycles. The highest BCUT2D eigenvalue weighted by Gasteiger charge is 2.39. The molecule has 2 heterocycles. The van der Waals surface area contributed by atoms with Crippen molar-refractivity contribution in [1.82, 2.24) is 42.1 Å². The maximum Gasteiger partial charge on any atom is 0.326 e. The fourth-order valence-corrected chi connectivity index (χ4v) is 9.47. The number of alkyl halides is 1. The maximum absolute atomic E-state index is 14.7. The van der Waals surface area contributed by atoms with E-state index in [1.54, 1.807) is 95.0 Å². The van der Waals surface area contributed by atoms with Gasteiger partial charge >= 0.3 is 23.9 Å². The van der Waals surface area contributed by atoms with Gasteiger partial charge < -0.3 is 61.1 Å². The number of cyclic esters (lactones) is 2. The van der Waals surface area contributed by atoms with Gasteiger partial charge in [0, 0.05) is 24.3 Å². The monoisotopic (exact) mass is 1330 g/mol. The van der Waals surface area contributed by atoms with E-state index >= 15 is 0 Å². The molecular formula is C52H81IN8O16S4. The highest BCUT2D eigenvalue weighted by Crippen LogP contribution is 2.25. The Hall–Kier alpha value is -4.75. The van der Waals surface area contributed by atoms with Crippen LogP contribution in [-0.2, 0) is 76.5 Å². The first kappa shape index (κ1) is 72.4. The van der Waals surface area contributed by atoms with E-state index < -0.39 is 186 Å². The Kier molecular flexibility index (Phi) is 32.2. The molecule has 0 aromatic rings. The zero-order chi connectivity index (χ0) is 61.2. The van der Waals surface area contributed by atoms with E-state index in [9.17, 15) is 57.5 Å². The minimum absolute atomic E-state index is 0.232. The Morgan fingerprint density at radius 1 is 0.654 bits per heavy atom. The third-order valence-corrected chi connectivity index (χ3v) is 14.0. The summed E-state index contributed by atoms with van der Waals surface area (Å²) >= 11 is 16.0. The molecule has 1 unspecified atom stereocenters. The minimum Gasteiger partial charge on any atom is -0.460 e. The molecule has 2 saturated heterocycles. The Labute approximate surface area is 508 Å².